The number of likely N-dealkylation sites (tertiary alicyclic amines) is 2. The lowest BCUT2D eigenvalue weighted by Gasteiger charge is -2.37. The summed E-state index contributed by atoms with van der Waals surface area (Å²) >= 11 is 0. The van der Waals surface area contributed by atoms with Crippen LogP contribution in [0.1, 0.15) is 65.2 Å². The molecule has 0 bridgehead atoms. The zero-order valence-electron chi connectivity index (χ0n) is 16.0. The number of amides is 2. The third-order valence-electron chi connectivity index (χ3n) is 6.59. The van der Waals surface area contributed by atoms with Crippen LogP contribution in [0, 0.1) is 11.8 Å². The van der Waals surface area contributed by atoms with Gasteiger partial charge >= 0.3 is 0 Å². The van der Waals surface area contributed by atoms with Crippen LogP contribution in [0.25, 0.3) is 0 Å². The number of nitrogens with one attached hydrogen (secondary N) is 1. The number of hydrogen-bond donors (Lipinski definition) is 1. The summed E-state index contributed by atoms with van der Waals surface area (Å²) in [7, 11) is 0. The molecule has 5 nitrogen and oxygen atoms in total. The van der Waals surface area contributed by atoms with Crippen LogP contribution in [0.2, 0.25) is 0 Å². The molecule has 1 atom stereocenters. The summed E-state index contributed by atoms with van der Waals surface area (Å²) < 4.78 is 0. The Labute approximate surface area is 152 Å². The first-order valence-electron chi connectivity index (χ1n) is 10.4. The van der Waals surface area contributed by atoms with Crippen molar-refractivity contribution in [1.82, 2.24) is 15.1 Å². The molecule has 3 rings (SSSR count). The van der Waals surface area contributed by atoms with Crippen molar-refractivity contribution < 1.29 is 9.59 Å². The molecule has 2 saturated heterocycles. The minimum absolute atomic E-state index is 0.0813. The maximum atomic E-state index is 12.6. The van der Waals surface area contributed by atoms with Crippen LogP contribution in [0.5, 0.6) is 0 Å². The molecule has 3 fully saturated rings. The minimum atomic E-state index is -0.0813. The highest BCUT2D eigenvalue weighted by molar-refractivity contribution is 5.82. The molecule has 1 unspecified atom stereocenters. The number of carbonyl (C=O) groups is 2. The average Bonchev–Trinajstić information content (AvgIpc) is 3.17. The van der Waals surface area contributed by atoms with Crippen molar-refractivity contribution in [3.05, 3.63) is 0 Å². The third kappa shape index (κ3) is 4.75. The van der Waals surface area contributed by atoms with Gasteiger partial charge in [-0.1, -0.05) is 6.92 Å². The van der Waals surface area contributed by atoms with Gasteiger partial charge in [0, 0.05) is 25.0 Å². The predicted molar refractivity (Wildman–Crippen MR) is 99.1 cm³/mol. The van der Waals surface area contributed by atoms with E-state index in [0.717, 1.165) is 70.6 Å². The van der Waals surface area contributed by atoms with E-state index in [1.165, 1.54) is 12.8 Å². The van der Waals surface area contributed by atoms with Crippen molar-refractivity contribution >= 4 is 11.8 Å². The van der Waals surface area contributed by atoms with Crippen molar-refractivity contribution in [3.8, 4) is 0 Å². The van der Waals surface area contributed by atoms with Crippen LogP contribution < -0.4 is 5.32 Å². The van der Waals surface area contributed by atoms with Crippen molar-refractivity contribution in [2.75, 3.05) is 26.2 Å². The highest BCUT2D eigenvalue weighted by atomic mass is 16.2. The highest BCUT2D eigenvalue weighted by Crippen LogP contribution is 2.25. The Morgan fingerprint density at radius 1 is 0.920 bits per heavy atom. The molecule has 0 aromatic carbocycles. The van der Waals surface area contributed by atoms with Crippen molar-refractivity contribution in [2.24, 2.45) is 11.8 Å². The summed E-state index contributed by atoms with van der Waals surface area (Å²) in [4.78, 5) is 29.4. The van der Waals surface area contributed by atoms with Crippen LogP contribution in [0.15, 0.2) is 0 Å². The lowest BCUT2D eigenvalue weighted by Crippen LogP contribution is -2.52. The van der Waals surface area contributed by atoms with Gasteiger partial charge < -0.3 is 10.2 Å². The molecule has 2 heterocycles. The fourth-order valence-electron chi connectivity index (χ4n) is 4.62. The van der Waals surface area contributed by atoms with Gasteiger partial charge in [-0.05, 0) is 77.3 Å². The summed E-state index contributed by atoms with van der Waals surface area (Å²) in [6, 6.07) is 0.280. The van der Waals surface area contributed by atoms with Gasteiger partial charge in [0.15, 0.2) is 0 Å². The molecule has 25 heavy (non-hydrogen) atoms. The molecule has 2 aliphatic heterocycles. The standard InChI is InChI=1S/C20H35N3O2/c1-15-5-7-18(8-6-15)21-19(24)16(2)22-13-9-17(10-14-22)20(25)23-11-3-4-12-23/h15-18H,3-14H2,1-2H3,(H,21,24). The molecule has 0 aromatic rings. The minimum Gasteiger partial charge on any atom is -0.352 e. The lowest BCUT2D eigenvalue weighted by molar-refractivity contribution is -0.136. The monoisotopic (exact) mass is 349 g/mol. The van der Waals surface area contributed by atoms with Gasteiger partial charge in [0.25, 0.3) is 0 Å². The second kappa shape index (κ2) is 8.52. The maximum absolute atomic E-state index is 12.6. The quantitative estimate of drug-likeness (QED) is 0.848. The van der Waals surface area contributed by atoms with Gasteiger partial charge in [-0.2, -0.15) is 0 Å². The van der Waals surface area contributed by atoms with Gasteiger partial charge in [0.1, 0.15) is 0 Å². The topological polar surface area (TPSA) is 52.7 Å². The zero-order valence-corrected chi connectivity index (χ0v) is 16.0. The lowest BCUT2D eigenvalue weighted by atomic mass is 9.87. The van der Waals surface area contributed by atoms with Crippen LogP contribution >= 0.6 is 0 Å². The number of rotatable bonds is 4. The number of nitrogens with zero attached hydrogens (tertiary/aromatic N) is 2. The van der Waals surface area contributed by atoms with Crippen LogP contribution in [0.3, 0.4) is 0 Å². The molecule has 1 saturated carbocycles. The Hall–Kier alpha value is -1.10. The number of hydrogen-bond acceptors (Lipinski definition) is 3. The van der Waals surface area contributed by atoms with Gasteiger partial charge in [-0.15, -0.1) is 0 Å². The largest absolute Gasteiger partial charge is 0.352 e. The smallest absolute Gasteiger partial charge is 0.237 e. The molecular weight excluding hydrogens is 314 g/mol. The molecule has 142 valence electrons. The molecule has 1 aliphatic carbocycles. The van der Waals surface area contributed by atoms with E-state index in [1.54, 1.807) is 0 Å². The maximum Gasteiger partial charge on any atom is 0.237 e. The van der Waals surface area contributed by atoms with E-state index in [0.29, 0.717) is 11.9 Å². The fourth-order valence-corrected chi connectivity index (χ4v) is 4.62. The van der Waals surface area contributed by atoms with Crippen LogP contribution in [-0.2, 0) is 9.59 Å². The molecule has 0 radical (unpaired) electrons. The van der Waals surface area contributed by atoms with Gasteiger partial charge in [-0.25, -0.2) is 0 Å². The molecule has 1 N–H and O–H groups in total. The van der Waals surface area contributed by atoms with Gasteiger partial charge in [0.05, 0.1) is 6.04 Å². The summed E-state index contributed by atoms with van der Waals surface area (Å²) in [6.07, 6.45) is 8.79. The second-order valence-electron chi connectivity index (χ2n) is 8.48. The average molecular weight is 350 g/mol. The summed E-state index contributed by atoms with van der Waals surface area (Å²) in [5, 5.41) is 3.26. The van der Waals surface area contributed by atoms with E-state index in [-0.39, 0.29) is 17.9 Å². The zero-order chi connectivity index (χ0) is 17.8. The molecule has 5 heteroatoms. The predicted octanol–water partition coefficient (Wildman–Crippen LogP) is 2.40. The molecule has 3 aliphatic rings. The normalized spacial score (nSPS) is 30.2. The van der Waals surface area contributed by atoms with E-state index in [1.807, 2.05) is 11.8 Å². The first kappa shape index (κ1) is 18.7. The van der Waals surface area contributed by atoms with Gasteiger partial charge in [0.2, 0.25) is 11.8 Å². The van der Waals surface area contributed by atoms with Crippen molar-refractivity contribution in [2.45, 2.75) is 77.3 Å². The van der Waals surface area contributed by atoms with E-state index in [2.05, 4.69) is 17.1 Å². The Morgan fingerprint density at radius 3 is 2.12 bits per heavy atom. The number of carbonyl (C=O) groups excluding carboxylic acids is 2. The van der Waals surface area contributed by atoms with E-state index in [4.69, 9.17) is 0 Å². The molecule has 0 spiro atoms. The fraction of sp³-hybridized carbons (Fsp3) is 0.900. The summed E-state index contributed by atoms with van der Waals surface area (Å²) in [6.45, 7) is 7.93. The Balaban J connectivity index is 1.42. The van der Waals surface area contributed by atoms with Crippen molar-refractivity contribution in [3.63, 3.8) is 0 Å². The second-order valence-corrected chi connectivity index (χ2v) is 8.48. The third-order valence-corrected chi connectivity index (χ3v) is 6.59. The van der Waals surface area contributed by atoms with E-state index in [9.17, 15) is 9.59 Å². The Morgan fingerprint density at radius 2 is 1.52 bits per heavy atom. The molecule has 2 amide bonds. The Kier molecular flexibility index (Phi) is 6.37. The summed E-state index contributed by atoms with van der Waals surface area (Å²) in [5.41, 5.74) is 0. The van der Waals surface area contributed by atoms with Gasteiger partial charge in [-0.3, -0.25) is 14.5 Å². The number of piperidine rings is 1. The Bertz CT molecular complexity index is 460. The van der Waals surface area contributed by atoms with E-state index >= 15 is 0 Å². The molecule has 0 aromatic heterocycles. The first-order valence-corrected chi connectivity index (χ1v) is 10.4. The first-order chi connectivity index (χ1) is 12.0. The van der Waals surface area contributed by atoms with Crippen LogP contribution in [0.4, 0.5) is 0 Å². The SMILES string of the molecule is CC1CCC(NC(=O)C(C)N2CCC(C(=O)N3CCCC3)CC2)CC1. The highest BCUT2D eigenvalue weighted by Gasteiger charge is 2.33. The van der Waals surface area contributed by atoms with Crippen molar-refractivity contribution in [1.29, 1.82) is 0 Å². The van der Waals surface area contributed by atoms with E-state index < -0.39 is 0 Å². The van der Waals surface area contributed by atoms with Crippen LogP contribution in [-0.4, -0.2) is 59.9 Å². The summed E-state index contributed by atoms with van der Waals surface area (Å²) in [5.74, 6) is 1.50. The molecular formula is C20H35N3O2.